The molecule has 2 N–H and O–H groups in total. The quantitative estimate of drug-likeness (QED) is 0.0603. The first-order valence-electron chi connectivity index (χ1n) is 17.0. The van der Waals surface area contributed by atoms with Gasteiger partial charge in [-0.15, -0.1) is 11.3 Å². The summed E-state index contributed by atoms with van der Waals surface area (Å²) in [6, 6.07) is 30.8. The summed E-state index contributed by atoms with van der Waals surface area (Å²) in [4.78, 5) is 2.41. The van der Waals surface area contributed by atoms with E-state index in [1.807, 2.05) is 66.0 Å². The van der Waals surface area contributed by atoms with Crippen LogP contribution in [0.1, 0.15) is 67.6 Å². The first-order valence-corrected chi connectivity index (χ1v) is 20.1. The Kier molecular flexibility index (Phi) is 14.4. The van der Waals surface area contributed by atoms with Gasteiger partial charge in [0.1, 0.15) is 22.5 Å². The summed E-state index contributed by atoms with van der Waals surface area (Å²) in [7, 11) is -4.25. The van der Waals surface area contributed by atoms with E-state index in [9.17, 15) is 13.5 Å². The second kappa shape index (κ2) is 19.1. The summed E-state index contributed by atoms with van der Waals surface area (Å²) in [5.74, 6) is 0.987. The van der Waals surface area contributed by atoms with E-state index < -0.39 is 16.2 Å². The van der Waals surface area contributed by atoms with Gasteiger partial charge in [0.25, 0.3) is 0 Å². The Morgan fingerprint density at radius 1 is 0.800 bits per heavy atom. The van der Waals surface area contributed by atoms with Gasteiger partial charge in [-0.1, -0.05) is 86.5 Å². The third-order valence-electron chi connectivity index (χ3n) is 7.98. The number of hydrogen-bond donors (Lipinski definition) is 2. The molecule has 1 heterocycles. The molecule has 1 unspecified atom stereocenters. The van der Waals surface area contributed by atoms with Crippen LogP contribution < -0.4 is 8.92 Å². The van der Waals surface area contributed by atoms with Crippen molar-refractivity contribution in [3.63, 3.8) is 0 Å². The van der Waals surface area contributed by atoms with Crippen molar-refractivity contribution in [2.45, 2.75) is 72.8 Å². The van der Waals surface area contributed by atoms with Crippen LogP contribution in [0.15, 0.2) is 123 Å². The Labute approximate surface area is 304 Å². The lowest BCUT2D eigenvalue weighted by Crippen LogP contribution is -2.11. The number of ether oxygens (including phenoxy) is 2. The highest BCUT2D eigenvalue weighted by Gasteiger charge is 2.25. The summed E-state index contributed by atoms with van der Waals surface area (Å²) in [6.07, 6.45) is 4.87. The van der Waals surface area contributed by atoms with E-state index in [4.69, 9.17) is 18.8 Å². The largest absolute Gasteiger partial charge is 0.494 e. The molecule has 0 fully saturated rings. The Morgan fingerprint density at radius 3 is 2.34 bits per heavy atom. The average Bonchev–Trinajstić information content (AvgIpc) is 3.61. The second-order valence-corrected chi connectivity index (χ2v) is 15.4. The van der Waals surface area contributed by atoms with Crippen molar-refractivity contribution < 1.29 is 32.3 Å². The van der Waals surface area contributed by atoms with Gasteiger partial charge in [-0.3, -0.25) is 0 Å². The molecule has 0 aliphatic carbocycles. The Hall–Kier alpha value is -3.64. The highest BCUT2D eigenvalue weighted by atomic mass is 32.2. The van der Waals surface area contributed by atoms with Gasteiger partial charge in [-0.25, -0.2) is 0 Å². The summed E-state index contributed by atoms with van der Waals surface area (Å²) in [5, 5.41) is 22.5. The minimum atomic E-state index is -4.25. The molecule has 0 saturated carbocycles. The lowest BCUT2D eigenvalue weighted by Gasteiger charge is -2.17. The first kappa shape index (κ1) is 37.6. The zero-order chi connectivity index (χ0) is 35.2. The van der Waals surface area contributed by atoms with E-state index in [1.54, 1.807) is 42.5 Å². The van der Waals surface area contributed by atoms with Gasteiger partial charge < -0.3 is 23.9 Å². The third kappa shape index (κ3) is 10.7. The lowest BCUT2D eigenvalue weighted by molar-refractivity contribution is 0.118. The minimum absolute atomic E-state index is 0.0303. The Balaban J connectivity index is 1.40. The maximum atomic E-state index is 13.9. The molecule has 0 radical (unpaired) electrons. The molecule has 0 spiro atoms. The normalized spacial score (nSPS) is 12.1. The van der Waals surface area contributed by atoms with Crippen molar-refractivity contribution in [2.24, 2.45) is 0 Å². The molecule has 0 bridgehead atoms. The van der Waals surface area contributed by atoms with E-state index in [0.717, 1.165) is 59.6 Å². The number of hydrogen-bond acceptors (Lipinski definition) is 9. The van der Waals surface area contributed by atoms with Crippen molar-refractivity contribution in [3.05, 3.63) is 125 Å². The van der Waals surface area contributed by atoms with Gasteiger partial charge in [-0.05, 0) is 101 Å². The highest BCUT2D eigenvalue weighted by molar-refractivity contribution is 8.00. The third-order valence-corrected chi connectivity index (χ3v) is 11.4. The SMILES string of the molecule is CCCCOc1ccc(Sc2ccc(-c3ccccc3C(O)c3csc(COCCCCCCO)c3)cc2S(=O)(=O)Oc2ccccc2)cc1. The van der Waals surface area contributed by atoms with Crippen LogP contribution in [0, 0.1) is 0 Å². The molecule has 0 aliphatic rings. The number of aliphatic hydroxyl groups excluding tert-OH is 2. The van der Waals surface area contributed by atoms with Gasteiger partial charge in [0.15, 0.2) is 0 Å². The summed E-state index contributed by atoms with van der Waals surface area (Å²) in [6.45, 7) is 4.11. The highest BCUT2D eigenvalue weighted by Crippen LogP contribution is 2.40. The van der Waals surface area contributed by atoms with Crippen LogP contribution in [0.25, 0.3) is 11.1 Å². The molecule has 5 rings (SSSR count). The molecule has 50 heavy (non-hydrogen) atoms. The Bertz CT molecular complexity index is 1870. The molecular formula is C40H44O7S3. The molecule has 0 aliphatic heterocycles. The van der Waals surface area contributed by atoms with Crippen LogP contribution in [0.3, 0.4) is 0 Å². The summed E-state index contributed by atoms with van der Waals surface area (Å²) >= 11 is 2.87. The predicted molar refractivity (Wildman–Crippen MR) is 201 cm³/mol. The second-order valence-electron chi connectivity index (χ2n) is 11.8. The van der Waals surface area contributed by atoms with Crippen LogP contribution in [-0.4, -0.2) is 38.5 Å². The molecule has 0 amide bonds. The van der Waals surface area contributed by atoms with Crippen molar-refractivity contribution in [1.82, 2.24) is 0 Å². The summed E-state index contributed by atoms with van der Waals surface area (Å²) in [5.41, 5.74) is 2.76. The molecule has 5 aromatic rings. The monoisotopic (exact) mass is 732 g/mol. The van der Waals surface area contributed by atoms with Crippen LogP contribution in [0.5, 0.6) is 11.5 Å². The van der Waals surface area contributed by atoms with E-state index in [2.05, 4.69) is 6.92 Å². The topological polar surface area (TPSA) is 102 Å². The fourth-order valence-electron chi connectivity index (χ4n) is 5.31. The van der Waals surface area contributed by atoms with Gasteiger partial charge in [0.05, 0.1) is 13.2 Å². The fourth-order valence-corrected chi connectivity index (χ4v) is 8.44. The van der Waals surface area contributed by atoms with Crippen molar-refractivity contribution >= 4 is 33.2 Å². The first-order chi connectivity index (χ1) is 24.4. The van der Waals surface area contributed by atoms with E-state index >= 15 is 0 Å². The molecule has 1 atom stereocenters. The fraction of sp³-hybridized carbons (Fsp3) is 0.300. The van der Waals surface area contributed by atoms with Crippen LogP contribution in [0.4, 0.5) is 0 Å². The molecule has 0 saturated heterocycles. The van der Waals surface area contributed by atoms with Gasteiger partial charge in [0.2, 0.25) is 0 Å². The van der Waals surface area contributed by atoms with Crippen molar-refractivity contribution in [1.29, 1.82) is 0 Å². The van der Waals surface area contributed by atoms with Gasteiger partial charge >= 0.3 is 10.1 Å². The zero-order valence-electron chi connectivity index (χ0n) is 28.2. The van der Waals surface area contributed by atoms with E-state index in [1.165, 1.54) is 23.1 Å². The predicted octanol–water partition coefficient (Wildman–Crippen LogP) is 9.66. The smallest absolute Gasteiger partial charge is 0.340 e. The molecule has 1 aromatic heterocycles. The lowest BCUT2D eigenvalue weighted by atomic mass is 9.94. The number of thiophene rings is 1. The molecule has 264 valence electrons. The number of rotatable bonds is 20. The average molecular weight is 733 g/mol. The zero-order valence-corrected chi connectivity index (χ0v) is 30.7. The molecule has 7 nitrogen and oxygen atoms in total. The number of unbranched alkanes of at least 4 members (excludes halogenated alkanes) is 4. The summed E-state index contributed by atoms with van der Waals surface area (Å²) < 4.78 is 45.0. The Morgan fingerprint density at radius 2 is 1.56 bits per heavy atom. The van der Waals surface area contributed by atoms with E-state index in [0.29, 0.717) is 41.4 Å². The maximum Gasteiger partial charge on any atom is 0.340 e. The standard InChI is InChI=1S/C40H44O7S3/c1-2-3-25-46-32-18-20-34(21-19-32)49-38-22-17-30(27-39(38)50(43,44)47-33-13-7-6-8-14-33)36-15-9-10-16-37(36)40(42)31-26-35(48-29-31)28-45-24-12-5-4-11-23-41/h6-10,13-22,26-27,29,40-42H,2-5,11-12,23-25,28H2,1H3. The van der Waals surface area contributed by atoms with Gasteiger partial charge in [0, 0.05) is 27.9 Å². The van der Waals surface area contributed by atoms with Crippen LogP contribution >= 0.6 is 23.1 Å². The van der Waals surface area contributed by atoms with E-state index in [-0.39, 0.29) is 17.3 Å². The van der Waals surface area contributed by atoms with Gasteiger partial charge in [-0.2, -0.15) is 8.42 Å². The van der Waals surface area contributed by atoms with Crippen LogP contribution in [-0.2, 0) is 21.5 Å². The van der Waals surface area contributed by atoms with Crippen LogP contribution in [0.2, 0.25) is 0 Å². The van der Waals surface area contributed by atoms with Crippen molar-refractivity contribution in [3.8, 4) is 22.6 Å². The minimum Gasteiger partial charge on any atom is -0.494 e. The number of para-hydroxylation sites is 1. The van der Waals surface area contributed by atoms with Crippen molar-refractivity contribution in [2.75, 3.05) is 19.8 Å². The number of benzene rings is 4. The molecule has 10 heteroatoms. The number of aliphatic hydroxyl groups is 2. The maximum absolute atomic E-state index is 13.9. The molecular weight excluding hydrogens is 689 g/mol. The molecule has 4 aromatic carbocycles.